The molecule has 5 nitrogen and oxygen atoms in total. The van der Waals surface area contributed by atoms with Gasteiger partial charge in [-0.2, -0.15) is 0 Å². The van der Waals surface area contributed by atoms with Crippen LogP contribution >= 0.6 is 0 Å². The molecule has 0 unspecified atom stereocenters. The maximum Gasteiger partial charge on any atom is 0.225 e. The zero-order valence-electron chi connectivity index (χ0n) is 15.0. The summed E-state index contributed by atoms with van der Waals surface area (Å²) >= 11 is 0. The highest BCUT2D eigenvalue weighted by Gasteiger charge is 2.28. The molecule has 1 heterocycles. The van der Waals surface area contributed by atoms with E-state index >= 15 is 0 Å². The third-order valence-electron chi connectivity index (χ3n) is 5.35. The topological polar surface area (TPSA) is 52.7 Å². The summed E-state index contributed by atoms with van der Waals surface area (Å²) < 4.78 is 0. The van der Waals surface area contributed by atoms with Crippen molar-refractivity contribution in [2.24, 2.45) is 5.92 Å². The largest absolute Gasteiger partial charge is 0.340 e. The van der Waals surface area contributed by atoms with Crippen molar-refractivity contribution in [1.82, 2.24) is 9.80 Å². The minimum atomic E-state index is 0.0481. The van der Waals surface area contributed by atoms with Gasteiger partial charge in [0.1, 0.15) is 0 Å². The zero-order valence-corrected chi connectivity index (χ0v) is 15.0. The van der Waals surface area contributed by atoms with Gasteiger partial charge in [0.2, 0.25) is 11.8 Å². The Labute approximate surface area is 150 Å². The number of hydrogen-bond donors (Lipinski definition) is 1. The summed E-state index contributed by atoms with van der Waals surface area (Å²) in [5, 5.41) is 2.92. The smallest absolute Gasteiger partial charge is 0.225 e. The second kappa shape index (κ2) is 8.99. The summed E-state index contributed by atoms with van der Waals surface area (Å²) in [6.07, 6.45) is 6.31. The lowest BCUT2D eigenvalue weighted by Crippen LogP contribution is -2.50. The number of carbonyl (C=O) groups excluding carboxylic acids is 2. The number of rotatable bonds is 5. The Bertz CT molecular complexity index is 562. The van der Waals surface area contributed by atoms with Crippen molar-refractivity contribution in [3.05, 3.63) is 30.3 Å². The molecular formula is C20H29N3O2. The van der Waals surface area contributed by atoms with Gasteiger partial charge in [-0.1, -0.05) is 37.5 Å². The van der Waals surface area contributed by atoms with Crippen LogP contribution < -0.4 is 5.32 Å². The van der Waals surface area contributed by atoms with E-state index in [1.54, 1.807) is 0 Å². The van der Waals surface area contributed by atoms with Gasteiger partial charge in [0.05, 0.1) is 0 Å². The van der Waals surface area contributed by atoms with Gasteiger partial charge >= 0.3 is 0 Å². The molecule has 2 amide bonds. The molecule has 0 atom stereocenters. The normalized spacial score (nSPS) is 19.6. The van der Waals surface area contributed by atoms with Crippen molar-refractivity contribution in [3.8, 4) is 0 Å². The molecule has 2 aliphatic rings. The van der Waals surface area contributed by atoms with E-state index in [1.807, 2.05) is 35.2 Å². The number of carbonyl (C=O) groups is 2. The Hall–Kier alpha value is -1.88. The standard InChI is InChI=1S/C20H29N3O2/c24-19(21-18-9-5-2-6-10-18)11-12-22-13-15-23(16-14-22)20(25)17-7-3-1-4-8-17/h2,5-6,9-10,17H,1,3-4,7-8,11-16H2,(H,21,24). The molecule has 0 spiro atoms. The van der Waals surface area contributed by atoms with E-state index in [4.69, 9.17) is 0 Å². The molecule has 1 saturated heterocycles. The summed E-state index contributed by atoms with van der Waals surface area (Å²) in [5.41, 5.74) is 0.843. The number of para-hydroxylation sites is 1. The number of nitrogens with one attached hydrogen (secondary N) is 1. The highest BCUT2D eigenvalue weighted by molar-refractivity contribution is 5.90. The minimum absolute atomic E-state index is 0.0481. The molecule has 2 fully saturated rings. The third-order valence-corrected chi connectivity index (χ3v) is 5.35. The fourth-order valence-electron chi connectivity index (χ4n) is 3.80. The SMILES string of the molecule is O=C(CCN1CCN(C(=O)C2CCCCC2)CC1)Nc1ccccc1. The van der Waals surface area contributed by atoms with Crippen LogP contribution in [0.15, 0.2) is 30.3 Å². The maximum absolute atomic E-state index is 12.6. The first-order valence-corrected chi connectivity index (χ1v) is 9.58. The fraction of sp³-hybridized carbons (Fsp3) is 0.600. The van der Waals surface area contributed by atoms with Gasteiger partial charge in [0.15, 0.2) is 0 Å². The van der Waals surface area contributed by atoms with Crippen molar-refractivity contribution >= 4 is 17.5 Å². The molecule has 0 radical (unpaired) electrons. The zero-order chi connectivity index (χ0) is 17.5. The average Bonchev–Trinajstić information content (AvgIpc) is 2.68. The van der Waals surface area contributed by atoms with Crippen molar-refractivity contribution in [3.63, 3.8) is 0 Å². The van der Waals surface area contributed by atoms with Crippen LogP contribution in [-0.4, -0.2) is 54.3 Å². The van der Waals surface area contributed by atoms with Crippen molar-refractivity contribution in [2.45, 2.75) is 38.5 Å². The molecule has 1 aromatic carbocycles. The molecule has 136 valence electrons. The Morgan fingerprint density at radius 3 is 2.32 bits per heavy atom. The predicted octanol–water partition coefficient (Wildman–Crippen LogP) is 2.74. The summed E-state index contributed by atoms with van der Waals surface area (Å²) in [7, 11) is 0. The van der Waals surface area contributed by atoms with Crippen LogP contribution in [-0.2, 0) is 9.59 Å². The van der Waals surface area contributed by atoms with Crippen LogP contribution in [0.5, 0.6) is 0 Å². The van der Waals surface area contributed by atoms with Gasteiger partial charge < -0.3 is 10.2 Å². The molecule has 0 aromatic heterocycles. The van der Waals surface area contributed by atoms with Gasteiger partial charge in [-0.05, 0) is 25.0 Å². The first-order valence-electron chi connectivity index (χ1n) is 9.58. The van der Waals surface area contributed by atoms with Crippen LogP contribution in [0.25, 0.3) is 0 Å². The van der Waals surface area contributed by atoms with Gasteiger partial charge in [0.25, 0.3) is 0 Å². The van der Waals surface area contributed by atoms with Crippen LogP contribution in [0, 0.1) is 5.92 Å². The van der Waals surface area contributed by atoms with E-state index in [0.29, 0.717) is 12.3 Å². The highest BCUT2D eigenvalue weighted by Crippen LogP contribution is 2.25. The van der Waals surface area contributed by atoms with Crippen molar-refractivity contribution in [1.29, 1.82) is 0 Å². The monoisotopic (exact) mass is 343 g/mol. The third kappa shape index (κ3) is 5.30. The number of anilines is 1. The van der Waals surface area contributed by atoms with Gasteiger partial charge in [-0.15, -0.1) is 0 Å². The average molecular weight is 343 g/mol. The molecule has 1 aromatic rings. The number of benzene rings is 1. The van der Waals surface area contributed by atoms with E-state index in [2.05, 4.69) is 10.2 Å². The second-order valence-corrected chi connectivity index (χ2v) is 7.17. The van der Waals surface area contributed by atoms with Gasteiger partial charge in [-0.25, -0.2) is 0 Å². The first-order chi connectivity index (χ1) is 12.2. The highest BCUT2D eigenvalue weighted by atomic mass is 16.2. The molecule has 3 rings (SSSR count). The quantitative estimate of drug-likeness (QED) is 0.894. The Balaban J connectivity index is 1.36. The summed E-state index contributed by atoms with van der Waals surface area (Å²) in [5.74, 6) is 0.671. The number of piperazine rings is 1. The van der Waals surface area contributed by atoms with Crippen LogP contribution in [0.3, 0.4) is 0 Å². The van der Waals surface area contributed by atoms with E-state index in [9.17, 15) is 9.59 Å². The molecule has 1 N–H and O–H groups in total. The van der Waals surface area contributed by atoms with Gasteiger partial charge in [0, 0.05) is 50.7 Å². The van der Waals surface area contributed by atoms with Crippen LogP contribution in [0.1, 0.15) is 38.5 Å². The Morgan fingerprint density at radius 2 is 1.64 bits per heavy atom. The molecule has 25 heavy (non-hydrogen) atoms. The molecule has 0 bridgehead atoms. The van der Waals surface area contributed by atoms with E-state index < -0.39 is 0 Å². The second-order valence-electron chi connectivity index (χ2n) is 7.17. The molecule has 1 aliphatic heterocycles. The maximum atomic E-state index is 12.6. The molecule has 5 heteroatoms. The van der Waals surface area contributed by atoms with Crippen molar-refractivity contribution in [2.75, 3.05) is 38.0 Å². The summed E-state index contributed by atoms with van der Waals surface area (Å²) in [6.45, 7) is 4.10. The number of hydrogen-bond acceptors (Lipinski definition) is 3. The van der Waals surface area contributed by atoms with Crippen LogP contribution in [0.4, 0.5) is 5.69 Å². The molecule has 1 aliphatic carbocycles. The lowest BCUT2D eigenvalue weighted by Gasteiger charge is -2.37. The Kier molecular flexibility index (Phi) is 6.45. The summed E-state index contributed by atoms with van der Waals surface area (Å²) in [4.78, 5) is 28.9. The van der Waals surface area contributed by atoms with E-state index in [0.717, 1.165) is 51.3 Å². The van der Waals surface area contributed by atoms with E-state index in [-0.39, 0.29) is 11.8 Å². The summed E-state index contributed by atoms with van der Waals surface area (Å²) in [6, 6.07) is 9.56. The first kappa shape index (κ1) is 17.9. The lowest BCUT2D eigenvalue weighted by molar-refractivity contribution is -0.138. The lowest BCUT2D eigenvalue weighted by atomic mass is 9.88. The van der Waals surface area contributed by atoms with E-state index in [1.165, 1.54) is 19.3 Å². The van der Waals surface area contributed by atoms with Crippen LogP contribution in [0.2, 0.25) is 0 Å². The minimum Gasteiger partial charge on any atom is -0.340 e. The Morgan fingerprint density at radius 1 is 0.960 bits per heavy atom. The van der Waals surface area contributed by atoms with Gasteiger partial charge in [-0.3, -0.25) is 14.5 Å². The van der Waals surface area contributed by atoms with Crippen molar-refractivity contribution < 1.29 is 9.59 Å². The number of amides is 2. The fourth-order valence-corrected chi connectivity index (χ4v) is 3.80. The predicted molar refractivity (Wildman–Crippen MR) is 99.3 cm³/mol. The molecule has 1 saturated carbocycles. The molecular weight excluding hydrogens is 314 g/mol. The number of nitrogens with zero attached hydrogens (tertiary/aromatic N) is 2.